The summed E-state index contributed by atoms with van der Waals surface area (Å²) in [4.78, 5) is 11.2. The normalized spacial score (nSPS) is 11.1. The summed E-state index contributed by atoms with van der Waals surface area (Å²) >= 11 is 0. The average Bonchev–Trinajstić information content (AvgIpc) is 2.19. The van der Waals surface area contributed by atoms with Crippen molar-refractivity contribution >= 4 is 11.6 Å². The van der Waals surface area contributed by atoms with Gasteiger partial charge < -0.3 is 15.4 Å². The van der Waals surface area contributed by atoms with Gasteiger partial charge in [0.15, 0.2) is 6.54 Å². The maximum absolute atomic E-state index is 11.9. The Hall–Kier alpha value is -1.76. The molecule has 3 N–H and O–H groups in total. The predicted octanol–water partition coefficient (Wildman–Crippen LogP) is 0.717. The van der Waals surface area contributed by atoms with Gasteiger partial charge in [0.05, 0.1) is 7.05 Å². The summed E-state index contributed by atoms with van der Waals surface area (Å²) in [7, 11) is 1.74. The second-order valence-corrected chi connectivity index (χ2v) is 3.23. The quantitative estimate of drug-likeness (QED) is 0.826. The van der Waals surface area contributed by atoms with E-state index in [0.29, 0.717) is 5.69 Å². The van der Waals surface area contributed by atoms with Crippen LogP contribution >= 0.6 is 0 Å². The van der Waals surface area contributed by atoms with Crippen molar-refractivity contribution in [2.45, 2.75) is 6.36 Å². The molecule has 0 aliphatic rings. The first kappa shape index (κ1) is 13.3. The number of carbonyl (C=O) groups is 1. The summed E-state index contributed by atoms with van der Waals surface area (Å²) in [5.41, 5.74) is 0.423. The van der Waals surface area contributed by atoms with Gasteiger partial charge in [0.25, 0.3) is 5.91 Å². The largest absolute Gasteiger partial charge is 0.573 e. The highest BCUT2D eigenvalue weighted by Crippen LogP contribution is 2.23. The molecule has 0 saturated carbocycles. The van der Waals surface area contributed by atoms with Gasteiger partial charge in [-0.05, 0) is 24.3 Å². The molecule has 0 fully saturated rings. The van der Waals surface area contributed by atoms with Gasteiger partial charge in [-0.3, -0.25) is 4.79 Å². The number of rotatable bonds is 4. The summed E-state index contributed by atoms with van der Waals surface area (Å²) in [5.74, 6) is -0.547. The number of benzene rings is 1. The number of nitrogens with one attached hydrogen (secondary N) is 1. The van der Waals surface area contributed by atoms with Crippen LogP contribution in [0.4, 0.5) is 18.9 Å². The Labute approximate surface area is 95.8 Å². The third-order valence-corrected chi connectivity index (χ3v) is 1.76. The van der Waals surface area contributed by atoms with Crippen molar-refractivity contribution in [2.24, 2.45) is 0 Å². The predicted molar refractivity (Wildman–Crippen MR) is 54.5 cm³/mol. The minimum absolute atomic E-state index is 0.225. The van der Waals surface area contributed by atoms with Crippen molar-refractivity contribution in [1.29, 1.82) is 0 Å². The lowest BCUT2D eigenvalue weighted by molar-refractivity contribution is -0.615. The summed E-state index contributed by atoms with van der Waals surface area (Å²) < 4.78 is 39.3. The number of alkyl halides is 3. The van der Waals surface area contributed by atoms with Gasteiger partial charge in [-0.1, -0.05) is 0 Å². The van der Waals surface area contributed by atoms with Crippen molar-refractivity contribution in [3.05, 3.63) is 24.3 Å². The molecule has 0 aliphatic heterocycles. The van der Waals surface area contributed by atoms with Crippen LogP contribution in [0.3, 0.4) is 0 Å². The number of anilines is 1. The van der Waals surface area contributed by atoms with Gasteiger partial charge >= 0.3 is 6.36 Å². The molecule has 0 aromatic heterocycles. The lowest BCUT2D eigenvalue weighted by atomic mass is 10.3. The van der Waals surface area contributed by atoms with Crippen LogP contribution in [-0.2, 0) is 4.79 Å². The molecule has 7 heteroatoms. The molecule has 0 heterocycles. The molecular formula is C10H12F3N2O2+. The van der Waals surface area contributed by atoms with Crippen LogP contribution in [0.25, 0.3) is 0 Å². The first-order chi connectivity index (χ1) is 7.90. The van der Waals surface area contributed by atoms with Crippen LogP contribution in [0.15, 0.2) is 24.3 Å². The maximum Gasteiger partial charge on any atom is 0.573 e. The molecule has 0 saturated heterocycles. The molecule has 1 rings (SSSR count). The maximum atomic E-state index is 11.9. The Bertz CT molecular complexity index is 376. The van der Waals surface area contributed by atoms with Crippen molar-refractivity contribution in [2.75, 3.05) is 18.9 Å². The van der Waals surface area contributed by atoms with E-state index >= 15 is 0 Å². The highest BCUT2D eigenvalue weighted by molar-refractivity contribution is 5.91. The third kappa shape index (κ3) is 5.21. The topological polar surface area (TPSA) is 54.9 Å². The van der Waals surface area contributed by atoms with Gasteiger partial charge in [-0.25, -0.2) is 0 Å². The summed E-state index contributed by atoms with van der Waals surface area (Å²) in [6, 6.07) is 4.96. The first-order valence-electron chi connectivity index (χ1n) is 4.84. The molecule has 17 heavy (non-hydrogen) atoms. The van der Waals surface area contributed by atoms with Gasteiger partial charge in [-0.2, -0.15) is 0 Å². The van der Waals surface area contributed by atoms with E-state index in [0.717, 1.165) is 12.1 Å². The molecule has 0 atom stereocenters. The standard InChI is InChI=1S/C10H11F3N2O2/c1-14-6-9(16)15-7-2-4-8(5-3-7)17-10(11,12)13/h2-5,14H,6H2,1H3,(H,15,16)/p+1. The van der Waals surface area contributed by atoms with Crippen molar-refractivity contribution < 1.29 is 28.0 Å². The minimum atomic E-state index is -4.71. The lowest BCUT2D eigenvalue weighted by Gasteiger charge is -2.09. The number of nitrogens with two attached hydrogens (primary N) is 1. The number of ether oxygens (including phenoxy) is 1. The fourth-order valence-electron chi connectivity index (χ4n) is 1.14. The number of halogens is 3. The van der Waals surface area contributed by atoms with E-state index in [1.807, 2.05) is 0 Å². The fourth-order valence-corrected chi connectivity index (χ4v) is 1.14. The van der Waals surface area contributed by atoms with Crippen molar-refractivity contribution in [3.8, 4) is 5.75 Å². The van der Waals surface area contributed by atoms with Crippen LogP contribution in [0.2, 0.25) is 0 Å². The second kappa shape index (κ2) is 5.53. The van der Waals surface area contributed by atoms with Crippen LogP contribution in [0, 0.1) is 0 Å². The van der Waals surface area contributed by atoms with E-state index in [9.17, 15) is 18.0 Å². The van der Waals surface area contributed by atoms with E-state index in [-0.39, 0.29) is 18.2 Å². The molecule has 1 aromatic rings. The molecule has 0 unspecified atom stereocenters. The Morgan fingerprint density at radius 1 is 1.35 bits per heavy atom. The Morgan fingerprint density at radius 2 is 1.94 bits per heavy atom. The zero-order valence-corrected chi connectivity index (χ0v) is 9.04. The van der Waals surface area contributed by atoms with Crippen LogP contribution < -0.4 is 15.4 Å². The van der Waals surface area contributed by atoms with Gasteiger partial charge in [-0.15, -0.1) is 13.2 Å². The fraction of sp³-hybridized carbons (Fsp3) is 0.300. The molecule has 0 radical (unpaired) electrons. The highest BCUT2D eigenvalue weighted by atomic mass is 19.4. The number of hydrogen-bond acceptors (Lipinski definition) is 2. The van der Waals surface area contributed by atoms with E-state index in [1.54, 1.807) is 12.4 Å². The SMILES string of the molecule is C[NH2+]CC(=O)Nc1ccc(OC(F)(F)F)cc1. The second-order valence-electron chi connectivity index (χ2n) is 3.23. The summed E-state index contributed by atoms with van der Waals surface area (Å²) in [6.45, 7) is 0.251. The van der Waals surface area contributed by atoms with E-state index in [2.05, 4.69) is 10.1 Å². The number of amides is 1. The number of hydrogen-bond donors (Lipinski definition) is 2. The molecular weight excluding hydrogens is 237 g/mol. The molecule has 94 valence electrons. The Kier molecular flexibility index (Phi) is 4.33. The van der Waals surface area contributed by atoms with Gasteiger partial charge in [0, 0.05) is 5.69 Å². The Morgan fingerprint density at radius 3 is 2.41 bits per heavy atom. The minimum Gasteiger partial charge on any atom is -0.406 e. The summed E-state index contributed by atoms with van der Waals surface area (Å²) in [5, 5.41) is 4.20. The van der Waals surface area contributed by atoms with Gasteiger partial charge in [0.2, 0.25) is 0 Å². The smallest absolute Gasteiger partial charge is 0.406 e. The molecule has 0 spiro atoms. The number of quaternary nitrogens is 1. The molecule has 1 amide bonds. The Balaban J connectivity index is 2.59. The van der Waals surface area contributed by atoms with E-state index in [4.69, 9.17) is 0 Å². The summed E-state index contributed by atoms with van der Waals surface area (Å²) in [6.07, 6.45) is -4.71. The lowest BCUT2D eigenvalue weighted by Crippen LogP contribution is -2.82. The monoisotopic (exact) mass is 249 g/mol. The van der Waals surface area contributed by atoms with Crippen molar-refractivity contribution in [1.82, 2.24) is 0 Å². The van der Waals surface area contributed by atoms with Gasteiger partial charge in [0.1, 0.15) is 5.75 Å². The third-order valence-electron chi connectivity index (χ3n) is 1.76. The van der Waals surface area contributed by atoms with Crippen LogP contribution in [0.5, 0.6) is 5.75 Å². The van der Waals surface area contributed by atoms with E-state index < -0.39 is 6.36 Å². The van der Waals surface area contributed by atoms with Crippen molar-refractivity contribution in [3.63, 3.8) is 0 Å². The molecule has 4 nitrogen and oxygen atoms in total. The number of likely N-dealkylation sites (N-methyl/N-ethyl adjacent to an activating group) is 1. The molecule has 0 aliphatic carbocycles. The van der Waals surface area contributed by atoms with Crippen LogP contribution in [-0.4, -0.2) is 25.9 Å². The number of carbonyl (C=O) groups excluding carboxylic acids is 1. The molecule has 0 bridgehead atoms. The van der Waals surface area contributed by atoms with Crippen LogP contribution in [0.1, 0.15) is 0 Å². The zero-order valence-electron chi connectivity index (χ0n) is 9.04. The van der Waals surface area contributed by atoms with E-state index in [1.165, 1.54) is 12.1 Å². The zero-order chi connectivity index (χ0) is 12.9. The first-order valence-corrected chi connectivity index (χ1v) is 4.84. The molecule has 1 aromatic carbocycles. The highest BCUT2D eigenvalue weighted by Gasteiger charge is 2.30. The average molecular weight is 249 g/mol.